The van der Waals surface area contributed by atoms with Crippen LogP contribution in [0.15, 0.2) is 81.6 Å². The fraction of sp³-hybridized carbons (Fsp3) is 0.160. The molecule has 33 heavy (non-hydrogen) atoms. The predicted octanol–water partition coefficient (Wildman–Crippen LogP) is 5.64. The van der Waals surface area contributed by atoms with Gasteiger partial charge in [-0.15, -0.1) is 0 Å². The van der Waals surface area contributed by atoms with Crippen LogP contribution in [0.25, 0.3) is 17.0 Å². The molecule has 1 atom stereocenters. The number of hydrogen-bond acceptors (Lipinski definition) is 5. The summed E-state index contributed by atoms with van der Waals surface area (Å²) in [6.07, 6.45) is 1.63. The Morgan fingerprint density at radius 3 is 2.64 bits per heavy atom. The van der Waals surface area contributed by atoms with E-state index in [4.69, 9.17) is 26.1 Å². The molecule has 6 nitrogen and oxygen atoms in total. The summed E-state index contributed by atoms with van der Waals surface area (Å²) in [5.41, 5.74) is 4.43. The lowest BCUT2D eigenvalue weighted by Gasteiger charge is -2.37. The lowest BCUT2D eigenvalue weighted by Crippen LogP contribution is -2.45. The van der Waals surface area contributed by atoms with Crippen molar-refractivity contribution >= 4 is 22.9 Å². The van der Waals surface area contributed by atoms with Crippen LogP contribution in [0.1, 0.15) is 35.7 Å². The van der Waals surface area contributed by atoms with Gasteiger partial charge in [0.25, 0.3) is 5.89 Å². The fourth-order valence-corrected chi connectivity index (χ4v) is 4.27. The number of furan rings is 1. The van der Waals surface area contributed by atoms with Gasteiger partial charge < -0.3 is 19.2 Å². The third-order valence-electron chi connectivity index (χ3n) is 5.63. The van der Waals surface area contributed by atoms with Crippen LogP contribution < -0.4 is 5.32 Å². The highest BCUT2D eigenvalue weighted by atomic mass is 32.1. The van der Waals surface area contributed by atoms with Gasteiger partial charge in [0.1, 0.15) is 11.6 Å². The van der Waals surface area contributed by atoms with E-state index in [1.54, 1.807) is 18.4 Å². The number of rotatable bonds is 5. The van der Waals surface area contributed by atoms with E-state index in [9.17, 15) is 4.39 Å². The van der Waals surface area contributed by atoms with Gasteiger partial charge in [-0.05, 0) is 62.0 Å². The Balaban J connectivity index is 1.60. The smallest absolute Gasteiger partial charge is 0.258 e. The van der Waals surface area contributed by atoms with Gasteiger partial charge in [-0.1, -0.05) is 41.1 Å². The Kier molecular flexibility index (Phi) is 5.51. The van der Waals surface area contributed by atoms with E-state index in [0.29, 0.717) is 23.4 Å². The first-order valence-electron chi connectivity index (χ1n) is 10.5. The minimum Gasteiger partial charge on any atom is -0.467 e. The molecule has 1 unspecified atom stereocenters. The van der Waals surface area contributed by atoms with Gasteiger partial charge in [0, 0.05) is 11.3 Å². The molecule has 166 valence electrons. The average Bonchev–Trinajstić information content (AvgIpc) is 3.49. The normalized spacial score (nSPS) is 16.3. The lowest BCUT2D eigenvalue weighted by atomic mass is 9.94. The molecule has 0 saturated heterocycles. The van der Waals surface area contributed by atoms with Crippen molar-refractivity contribution < 1.29 is 13.3 Å². The molecule has 0 bridgehead atoms. The molecule has 0 aliphatic carbocycles. The second-order valence-electron chi connectivity index (χ2n) is 7.89. The summed E-state index contributed by atoms with van der Waals surface area (Å²) >= 11 is 5.68. The third-order valence-corrected chi connectivity index (χ3v) is 5.96. The molecule has 1 N–H and O–H groups in total. The van der Waals surface area contributed by atoms with Crippen LogP contribution in [0.3, 0.4) is 0 Å². The summed E-state index contributed by atoms with van der Waals surface area (Å²) in [6, 6.07) is 17.6. The first-order valence-corrected chi connectivity index (χ1v) is 10.9. The summed E-state index contributed by atoms with van der Waals surface area (Å²) < 4.78 is 24.9. The predicted molar refractivity (Wildman–Crippen MR) is 126 cm³/mol. The van der Waals surface area contributed by atoms with E-state index in [-0.39, 0.29) is 11.9 Å². The molecule has 2 aromatic heterocycles. The standard InChI is InChI=1S/C25H21FN4O2S/c1-15-5-3-6-18(13-15)23-28-24(32-29-23)21-16(2)30(14-20-7-4-12-31-20)25(33)27-22(21)17-8-10-19(26)11-9-17/h3-13,22H,14H2,1-2H3,(H,27,33). The summed E-state index contributed by atoms with van der Waals surface area (Å²) in [7, 11) is 0. The number of aromatic nitrogens is 2. The molecular weight excluding hydrogens is 439 g/mol. The van der Waals surface area contributed by atoms with E-state index in [1.165, 1.54) is 12.1 Å². The Bertz CT molecular complexity index is 1330. The number of hydrogen-bond donors (Lipinski definition) is 1. The van der Waals surface area contributed by atoms with Gasteiger partial charge >= 0.3 is 0 Å². The maximum Gasteiger partial charge on any atom is 0.258 e. The van der Waals surface area contributed by atoms with Crippen molar-refractivity contribution in [2.24, 2.45) is 0 Å². The third kappa shape index (κ3) is 4.17. The zero-order chi connectivity index (χ0) is 22.9. The first-order chi connectivity index (χ1) is 16.0. The maximum absolute atomic E-state index is 13.6. The quantitative estimate of drug-likeness (QED) is 0.387. The Morgan fingerprint density at radius 1 is 1.09 bits per heavy atom. The van der Waals surface area contributed by atoms with E-state index >= 15 is 0 Å². The van der Waals surface area contributed by atoms with Crippen LogP contribution in [0.5, 0.6) is 0 Å². The molecule has 0 amide bonds. The molecular formula is C25H21FN4O2S. The first kappa shape index (κ1) is 21.1. The van der Waals surface area contributed by atoms with Crippen LogP contribution in [0, 0.1) is 12.7 Å². The zero-order valence-corrected chi connectivity index (χ0v) is 18.9. The van der Waals surface area contributed by atoms with E-state index in [0.717, 1.165) is 33.7 Å². The van der Waals surface area contributed by atoms with E-state index < -0.39 is 0 Å². The number of thiocarbonyl (C=S) groups is 1. The van der Waals surface area contributed by atoms with Gasteiger partial charge in [-0.2, -0.15) is 4.98 Å². The Morgan fingerprint density at radius 2 is 1.91 bits per heavy atom. The number of aryl methyl sites for hydroxylation is 1. The van der Waals surface area contributed by atoms with Gasteiger partial charge in [-0.3, -0.25) is 0 Å². The molecule has 5 rings (SSSR count). The number of halogens is 1. The molecule has 3 heterocycles. The second-order valence-corrected chi connectivity index (χ2v) is 8.28. The minimum absolute atomic E-state index is 0.307. The highest BCUT2D eigenvalue weighted by molar-refractivity contribution is 7.80. The number of nitrogens with zero attached hydrogens (tertiary/aromatic N) is 3. The molecule has 4 aromatic rings. The van der Waals surface area contributed by atoms with Gasteiger partial charge in [0.05, 0.1) is 24.4 Å². The number of allylic oxidation sites excluding steroid dienone is 1. The van der Waals surface area contributed by atoms with Crippen molar-refractivity contribution in [2.75, 3.05) is 0 Å². The zero-order valence-electron chi connectivity index (χ0n) is 18.1. The molecule has 2 aromatic carbocycles. The number of benzene rings is 2. The van der Waals surface area contributed by atoms with Crippen molar-refractivity contribution in [3.63, 3.8) is 0 Å². The Hall–Kier alpha value is -3.78. The van der Waals surface area contributed by atoms with Crippen LogP contribution in [0.4, 0.5) is 4.39 Å². The minimum atomic E-state index is -0.378. The molecule has 0 saturated carbocycles. The number of nitrogens with one attached hydrogen (secondary N) is 1. The maximum atomic E-state index is 13.6. The molecule has 1 aliphatic heterocycles. The average molecular weight is 461 g/mol. The van der Waals surface area contributed by atoms with Crippen molar-refractivity contribution in [1.29, 1.82) is 0 Å². The van der Waals surface area contributed by atoms with Crippen molar-refractivity contribution in [1.82, 2.24) is 20.4 Å². The molecule has 1 aliphatic rings. The van der Waals surface area contributed by atoms with Crippen LogP contribution in [0.2, 0.25) is 0 Å². The summed E-state index contributed by atoms with van der Waals surface area (Å²) in [5, 5.41) is 8.11. The molecule has 0 radical (unpaired) electrons. The van der Waals surface area contributed by atoms with Crippen LogP contribution in [-0.4, -0.2) is 20.2 Å². The molecule has 8 heteroatoms. The van der Waals surface area contributed by atoms with Gasteiger partial charge in [0.15, 0.2) is 5.11 Å². The summed E-state index contributed by atoms with van der Waals surface area (Å²) in [5.74, 6) is 1.33. The second kappa shape index (κ2) is 8.63. The largest absolute Gasteiger partial charge is 0.467 e. The van der Waals surface area contributed by atoms with Crippen molar-refractivity contribution in [2.45, 2.75) is 26.4 Å². The molecule has 0 fully saturated rings. The van der Waals surface area contributed by atoms with Crippen molar-refractivity contribution in [3.05, 3.63) is 101 Å². The van der Waals surface area contributed by atoms with E-state index in [2.05, 4.69) is 10.5 Å². The summed E-state index contributed by atoms with van der Waals surface area (Å²) in [4.78, 5) is 6.63. The topological polar surface area (TPSA) is 67.3 Å². The van der Waals surface area contributed by atoms with Crippen LogP contribution >= 0.6 is 12.2 Å². The Labute approximate surface area is 195 Å². The summed E-state index contributed by atoms with van der Waals surface area (Å²) in [6.45, 7) is 4.42. The highest BCUT2D eigenvalue weighted by Crippen LogP contribution is 2.38. The molecule has 0 spiro atoms. The SMILES string of the molecule is CC1=C(c2nc(-c3cccc(C)c3)no2)C(c2ccc(F)cc2)NC(=S)N1Cc1ccco1. The van der Waals surface area contributed by atoms with Gasteiger partial charge in [-0.25, -0.2) is 4.39 Å². The fourth-order valence-electron chi connectivity index (χ4n) is 3.95. The van der Waals surface area contributed by atoms with E-state index in [1.807, 2.05) is 55.1 Å². The monoisotopic (exact) mass is 460 g/mol. The van der Waals surface area contributed by atoms with Crippen molar-refractivity contribution in [3.8, 4) is 11.4 Å². The highest BCUT2D eigenvalue weighted by Gasteiger charge is 2.34. The lowest BCUT2D eigenvalue weighted by molar-refractivity contribution is 0.382. The van der Waals surface area contributed by atoms with Crippen LogP contribution in [-0.2, 0) is 6.54 Å². The van der Waals surface area contributed by atoms with Gasteiger partial charge in [0.2, 0.25) is 5.82 Å².